The van der Waals surface area contributed by atoms with Gasteiger partial charge in [0.15, 0.2) is 0 Å². The summed E-state index contributed by atoms with van der Waals surface area (Å²) in [5, 5.41) is 12.6. The number of anilines is 2. The normalized spacial score (nSPS) is 14.2. The summed E-state index contributed by atoms with van der Waals surface area (Å²) in [5.41, 5.74) is 0.873. The Bertz CT molecular complexity index is 883. The maximum Gasteiger partial charge on any atom is 0.266 e. The van der Waals surface area contributed by atoms with Crippen molar-refractivity contribution in [3.8, 4) is 6.07 Å². The Labute approximate surface area is 161 Å². The van der Waals surface area contributed by atoms with E-state index in [1.165, 1.54) is 12.1 Å². The van der Waals surface area contributed by atoms with Gasteiger partial charge in [-0.1, -0.05) is 23.2 Å². The molecule has 1 aliphatic rings. The van der Waals surface area contributed by atoms with Crippen molar-refractivity contribution in [1.29, 1.82) is 5.26 Å². The molecule has 1 aromatic carbocycles. The van der Waals surface area contributed by atoms with Gasteiger partial charge < -0.3 is 10.2 Å². The molecule has 0 bridgehead atoms. The quantitative estimate of drug-likeness (QED) is 0.634. The minimum atomic E-state index is -0.569. The molecule has 2 heterocycles. The molecule has 0 unspecified atom stereocenters. The lowest BCUT2D eigenvalue weighted by Gasteiger charge is -2.14. The number of carbonyl (C=O) groups is 1. The topological polar surface area (TPSA) is 81.9 Å². The van der Waals surface area contributed by atoms with E-state index in [0.717, 1.165) is 25.9 Å². The third kappa shape index (κ3) is 4.31. The van der Waals surface area contributed by atoms with Gasteiger partial charge in [-0.15, -0.1) is 0 Å². The summed E-state index contributed by atoms with van der Waals surface area (Å²) in [6, 6.07) is 6.57. The Balaban J connectivity index is 1.74. The van der Waals surface area contributed by atoms with E-state index in [-0.39, 0.29) is 5.57 Å². The number of amides is 1. The second-order valence-corrected chi connectivity index (χ2v) is 6.60. The first-order valence-electron chi connectivity index (χ1n) is 8.02. The van der Waals surface area contributed by atoms with E-state index in [1.807, 2.05) is 6.07 Å². The van der Waals surface area contributed by atoms with Gasteiger partial charge in [0.2, 0.25) is 5.95 Å². The second-order valence-electron chi connectivity index (χ2n) is 5.76. The van der Waals surface area contributed by atoms with E-state index < -0.39 is 5.91 Å². The third-order valence-corrected chi connectivity index (χ3v) is 4.45. The van der Waals surface area contributed by atoms with Crippen LogP contribution in [0.2, 0.25) is 10.0 Å². The number of hydrogen-bond acceptors (Lipinski definition) is 5. The lowest BCUT2D eigenvalue weighted by atomic mass is 10.2. The van der Waals surface area contributed by atoms with Gasteiger partial charge in [-0.3, -0.25) is 4.79 Å². The lowest BCUT2D eigenvalue weighted by Crippen LogP contribution is -2.20. The average Bonchev–Trinajstić information content (AvgIpc) is 3.17. The molecule has 0 aliphatic carbocycles. The Morgan fingerprint density at radius 3 is 2.54 bits per heavy atom. The molecule has 1 aliphatic heterocycles. The SMILES string of the molecule is N#C/C(=C\c1cnc(N2CCCC2)nc1)C(=O)Nc1ccc(Cl)cc1Cl. The van der Waals surface area contributed by atoms with Gasteiger partial charge in [-0.25, -0.2) is 9.97 Å². The highest BCUT2D eigenvalue weighted by Crippen LogP contribution is 2.26. The highest BCUT2D eigenvalue weighted by Gasteiger charge is 2.15. The number of rotatable bonds is 4. The number of nitrogens with zero attached hydrogens (tertiary/aromatic N) is 4. The van der Waals surface area contributed by atoms with E-state index in [1.54, 1.807) is 24.5 Å². The summed E-state index contributed by atoms with van der Waals surface area (Å²) in [5.74, 6) is 0.0934. The van der Waals surface area contributed by atoms with E-state index in [9.17, 15) is 10.1 Å². The molecular formula is C18H15Cl2N5O. The molecule has 0 spiro atoms. The zero-order valence-corrected chi connectivity index (χ0v) is 15.3. The van der Waals surface area contributed by atoms with E-state index in [4.69, 9.17) is 23.2 Å². The predicted octanol–water partition coefficient (Wildman–Crippen LogP) is 3.93. The second kappa shape index (κ2) is 8.17. The smallest absolute Gasteiger partial charge is 0.266 e. The molecule has 6 nitrogen and oxygen atoms in total. The van der Waals surface area contributed by atoms with Crippen LogP contribution in [0.5, 0.6) is 0 Å². The molecule has 1 saturated heterocycles. The summed E-state index contributed by atoms with van der Waals surface area (Å²) in [6.45, 7) is 1.89. The summed E-state index contributed by atoms with van der Waals surface area (Å²) >= 11 is 11.9. The zero-order chi connectivity index (χ0) is 18.5. The van der Waals surface area contributed by atoms with Gasteiger partial charge in [0, 0.05) is 36.1 Å². The van der Waals surface area contributed by atoms with Crippen LogP contribution in [0.1, 0.15) is 18.4 Å². The largest absolute Gasteiger partial charge is 0.341 e. The summed E-state index contributed by atoms with van der Waals surface area (Å²) in [7, 11) is 0. The molecule has 1 aromatic heterocycles. The average molecular weight is 388 g/mol. The fraction of sp³-hybridized carbons (Fsp3) is 0.222. The third-order valence-electron chi connectivity index (χ3n) is 3.90. The van der Waals surface area contributed by atoms with Crippen molar-refractivity contribution >= 4 is 46.8 Å². The number of aromatic nitrogens is 2. The zero-order valence-electron chi connectivity index (χ0n) is 13.7. The molecule has 0 saturated carbocycles. The molecule has 1 amide bonds. The molecule has 132 valence electrons. The van der Waals surface area contributed by atoms with Crippen LogP contribution < -0.4 is 10.2 Å². The number of halogens is 2. The van der Waals surface area contributed by atoms with Crippen LogP contribution in [0.3, 0.4) is 0 Å². The van der Waals surface area contributed by atoms with Crippen molar-refractivity contribution in [3.63, 3.8) is 0 Å². The summed E-state index contributed by atoms with van der Waals surface area (Å²) in [6.07, 6.45) is 6.90. The molecule has 3 rings (SSSR count). The molecule has 0 atom stereocenters. The lowest BCUT2D eigenvalue weighted by molar-refractivity contribution is -0.112. The highest BCUT2D eigenvalue weighted by atomic mass is 35.5. The fourth-order valence-corrected chi connectivity index (χ4v) is 3.04. The minimum absolute atomic E-state index is 0.0754. The number of hydrogen-bond donors (Lipinski definition) is 1. The van der Waals surface area contributed by atoms with Gasteiger partial charge in [0.25, 0.3) is 5.91 Å². The summed E-state index contributed by atoms with van der Waals surface area (Å²) < 4.78 is 0. The Morgan fingerprint density at radius 2 is 1.92 bits per heavy atom. The Morgan fingerprint density at radius 1 is 1.23 bits per heavy atom. The number of nitrogens with one attached hydrogen (secondary N) is 1. The number of carbonyl (C=O) groups excluding carboxylic acids is 1. The van der Waals surface area contributed by atoms with Crippen LogP contribution in [0.15, 0.2) is 36.2 Å². The molecular weight excluding hydrogens is 373 g/mol. The van der Waals surface area contributed by atoms with E-state index in [2.05, 4.69) is 20.2 Å². The monoisotopic (exact) mass is 387 g/mol. The number of nitriles is 1. The van der Waals surface area contributed by atoms with Gasteiger partial charge in [0.05, 0.1) is 10.7 Å². The van der Waals surface area contributed by atoms with Crippen LogP contribution in [0, 0.1) is 11.3 Å². The predicted molar refractivity (Wildman–Crippen MR) is 102 cm³/mol. The number of benzene rings is 1. The van der Waals surface area contributed by atoms with Crippen molar-refractivity contribution in [2.45, 2.75) is 12.8 Å². The van der Waals surface area contributed by atoms with Crippen molar-refractivity contribution in [2.24, 2.45) is 0 Å². The van der Waals surface area contributed by atoms with Gasteiger partial charge in [-0.2, -0.15) is 5.26 Å². The van der Waals surface area contributed by atoms with Gasteiger partial charge in [0.1, 0.15) is 11.6 Å². The Hall–Kier alpha value is -2.62. The van der Waals surface area contributed by atoms with Crippen molar-refractivity contribution in [1.82, 2.24) is 9.97 Å². The molecule has 2 aromatic rings. The first-order valence-corrected chi connectivity index (χ1v) is 8.77. The van der Waals surface area contributed by atoms with Gasteiger partial charge in [-0.05, 0) is 37.1 Å². The standard InChI is InChI=1S/C18H15Cl2N5O/c19-14-3-4-16(15(20)8-14)24-17(26)13(9-21)7-12-10-22-18(23-11-12)25-5-1-2-6-25/h3-4,7-8,10-11H,1-2,5-6H2,(H,24,26)/b13-7+. The van der Waals surface area contributed by atoms with E-state index >= 15 is 0 Å². The van der Waals surface area contributed by atoms with E-state index in [0.29, 0.717) is 27.2 Å². The van der Waals surface area contributed by atoms with Crippen molar-refractivity contribution in [2.75, 3.05) is 23.3 Å². The van der Waals surface area contributed by atoms with Crippen LogP contribution >= 0.6 is 23.2 Å². The molecule has 1 N–H and O–H groups in total. The van der Waals surface area contributed by atoms with Crippen molar-refractivity contribution in [3.05, 3.63) is 51.8 Å². The first kappa shape index (κ1) is 18.2. The molecule has 26 heavy (non-hydrogen) atoms. The molecule has 8 heteroatoms. The maximum atomic E-state index is 12.3. The van der Waals surface area contributed by atoms with Crippen LogP contribution in [-0.2, 0) is 4.79 Å². The van der Waals surface area contributed by atoms with Crippen LogP contribution in [0.25, 0.3) is 6.08 Å². The first-order chi connectivity index (χ1) is 12.6. The molecule has 1 fully saturated rings. The Kier molecular flexibility index (Phi) is 5.71. The van der Waals surface area contributed by atoms with Crippen LogP contribution in [0.4, 0.5) is 11.6 Å². The van der Waals surface area contributed by atoms with Gasteiger partial charge >= 0.3 is 0 Å². The summed E-state index contributed by atoms with van der Waals surface area (Å²) in [4.78, 5) is 23.0. The highest BCUT2D eigenvalue weighted by molar-refractivity contribution is 6.36. The minimum Gasteiger partial charge on any atom is -0.341 e. The molecule has 0 radical (unpaired) electrons. The maximum absolute atomic E-state index is 12.3. The van der Waals surface area contributed by atoms with Crippen LogP contribution in [-0.4, -0.2) is 29.0 Å². The fourth-order valence-electron chi connectivity index (χ4n) is 2.58. The van der Waals surface area contributed by atoms with Crippen molar-refractivity contribution < 1.29 is 4.79 Å².